The van der Waals surface area contributed by atoms with E-state index >= 15 is 0 Å². The molecule has 1 fully saturated rings. The van der Waals surface area contributed by atoms with E-state index in [4.69, 9.17) is 23.2 Å². The van der Waals surface area contributed by atoms with Gasteiger partial charge in [0.1, 0.15) is 10.7 Å². The van der Waals surface area contributed by atoms with Crippen molar-refractivity contribution in [1.82, 2.24) is 14.7 Å². The molecule has 28 heavy (non-hydrogen) atoms. The molecule has 1 aliphatic heterocycles. The molecule has 150 valence electrons. The Labute approximate surface area is 173 Å². The van der Waals surface area contributed by atoms with Gasteiger partial charge in [0.2, 0.25) is 10.0 Å². The van der Waals surface area contributed by atoms with E-state index in [0.29, 0.717) is 34.6 Å². The van der Waals surface area contributed by atoms with Crippen LogP contribution in [0.4, 0.5) is 16.3 Å². The Bertz CT molecular complexity index is 948. The van der Waals surface area contributed by atoms with Gasteiger partial charge >= 0.3 is 6.03 Å². The lowest BCUT2D eigenvalue weighted by atomic mass is 10.2. The van der Waals surface area contributed by atoms with Crippen LogP contribution in [0.3, 0.4) is 0 Å². The summed E-state index contributed by atoms with van der Waals surface area (Å²) in [5, 5.41) is 3.28. The summed E-state index contributed by atoms with van der Waals surface area (Å²) in [4.78, 5) is 16.1. The number of aromatic nitrogens is 1. The lowest BCUT2D eigenvalue weighted by Gasteiger charge is -2.25. The largest absolute Gasteiger partial charge is 0.337 e. The van der Waals surface area contributed by atoms with E-state index in [1.54, 1.807) is 12.1 Å². The number of nitrogens with zero attached hydrogens (tertiary/aromatic N) is 2. The highest BCUT2D eigenvalue weighted by molar-refractivity contribution is 7.89. The van der Waals surface area contributed by atoms with Crippen LogP contribution in [-0.2, 0) is 10.0 Å². The molecule has 1 saturated heterocycles. The Balaban J connectivity index is 1.56. The van der Waals surface area contributed by atoms with Crippen molar-refractivity contribution < 1.29 is 13.2 Å². The molecule has 1 aromatic heterocycles. The number of carbonyl (C=O) groups is 1. The number of nitrogens with one attached hydrogen (secondary N) is 3. The van der Waals surface area contributed by atoms with Crippen LogP contribution in [0.25, 0.3) is 0 Å². The summed E-state index contributed by atoms with van der Waals surface area (Å²) in [6.45, 7) is 1.05. The first-order valence-electron chi connectivity index (χ1n) is 8.60. The van der Waals surface area contributed by atoms with Gasteiger partial charge in [-0.15, -0.1) is 0 Å². The smallest absolute Gasteiger partial charge is 0.307 e. The molecule has 0 bridgehead atoms. The van der Waals surface area contributed by atoms with Crippen molar-refractivity contribution in [3.63, 3.8) is 0 Å². The molecular formula is C17H19Cl2N5O3S. The molecule has 0 unspecified atom stereocenters. The number of carbonyl (C=O) groups excluding carboxylic acids is 1. The lowest BCUT2D eigenvalue weighted by Crippen LogP contribution is -2.36. The number of amides is 2. The van der Waals surface area contributed by atoms with Crippen LogP contribution in [0.5, 0.6) is 0 Å². The van der Waals surface area contributed by atoms with Crippen LogP contribution in [0.2, 0.25) is 10.0 Å². The summed E-state index contributed by atoms with van der Waals surface area (Å²) >= 11 is 11.7. The molecule has 1 aromatic carbocycles. The minimum atomic E-state index is -3.54. The summed E-state index contributed by atoms with van der Waals surface area (Å²) in [6.07, 6.45) is 4.04. The third kappa shape index (κ3) is 5.05. The fraction of sp³-hybridized carbons (Fsp3) is 0.294. The Kier molecular flexibility index (Phi) is 6.61. The molecule has 0 radical (unpaired) electrons. The molecule has 3 N–H and O–H groups in total. The van der Waals surface area contributed by atoms with Crippen molar-refractivity contribution in [2.45, 2.75) is 24.2 Å². The SMILES string of the molecule is O=C(NNc1ccc(S(=O)(=O)N2CCCCC2)cn1)Nc1ccc(Cl)c(Cl)c1. The second kappa shape index (κ2) is 8.95. The summed E-state index contributed by atoms with van der Waals surface area (Å²) in [7, 11) is -3.54. The van der Waals surface area contributed by atoms with Crippen LogP contribution < -0.4 is 16.2 Å². The Morgan fingerprint density at radius 2 is 1.79 bits per heavy atom. The van der Waals surface area contributed by atoms with Crippen LogP contribution >= 0.6 is 23.2 Å². The molecule has 2 aromatic rings. The molecule has 8 nitrogen and oxygen atoms in total. The minimum Gasteiger partial charge on any atom is -0.307 e. The van der Waals surface area contributed by atoms with Gasteiger partial charge in [0.15, 0.2) is 0 Å². The number of hydrazine groups is 1. The first-order chi connectivity index (χ1) is 13.4. The number of halogens is 2. The number of sulfonamides is 1. The molecule has 2 amide bonds. The zero-order chi connectivity index (χ0) is 20.1. The minimum absolute atomic E-state index is 0.125. The van der Waals surface area contributed by atoms with Gasteiger partial charge in [-0.25, -0.2) is 18.2 Å². The first kappa shape index (κ1) is 20.7. The number of piperidine rings is 1. The van der Waals surface area contributed by atoms with Crippen LogP contribution in [0.1, 0.15) is 19.3 Å². The number of urea groups is 1. The maximum absolute atomic E-state index is 12.6. The number of rotatable bonds is 5. The number of pyridine rings is 1. The van der Waals surface area contributed by atoms with E-state index in [9.17, 15) is 13.2 Å². The van der Waals surface area contributed by atoms with E-state index in [0.717, 1.165) is 19.3 Å². The topological polar surface area (TPSA) is 103 Å². The third-order valence-corrected chi connectivity index (χ3v) is 6.79. The highest BCUT2D eigenvalue weighted by atomic mass is 35.5. The van der Waals surface area contributed by atoms with Gasteiger partial charge in [0.25, 0.3) is 0 Å². The van der Waals surface area contributed by atoms with E-state index in [2.05, 4.69) is 21.2 Å². The molecule has 1 aliphatic rings. The predicted octanol–water partition coefficient (Wildman–Crippen LogP) is 3.71. The fourth-order valence-corrected chi connectivity index (χ4v) is 4.48. The van der Waals surface area contributed by atoms with Gasteiger partial charge in [0.05, 0.1) is 10.0 Å². The average molecular weight is 444 g/mol. The average Bonchev–Trinajstić information content (AvgIpc) is 2.70. The van der Waals surface area contributed by atoms with E-state index in [-0.39, 0.29) is 4.90 Å². The van der Waals surface area contributed by atoms with Crippen molar-refractivity contribution in [3.05, 3.63) is 46.6 Å². The molecule has 0 aliphatic carbocycles. The van der Waals surface area contributed by atoms with Crippen molar-refractivity contribution in [1.29, 1.82) is 0 Å². The zero-order valence-corrected chi connectivity index (χ0v) is 17.1. The molecule has 3 rings (SSSR count). The highest BCUT2D eigenvalue weighted by Gasteiger charge is 2.26. The highest BCUT2D eigenvalue weighted by Crippen LogP contribution is 2.25. The normalized spacial score (nSPS) is 15.1. The van der Waals surface area contributed by atoms with Crippen LogP contribution in [0.15, 0.2) is 41.4 Å². The van der Waals surface area contributed by atoms with Gasteiger partial charge in [-0.3, -0.25) is 10.9 Å². The van der Waals surface area contributed by atoms with E-state index in [1.807, 2.05) is 0 Å². The second-order valence-electron chi connectivity index (χ2n) is 6.18. The maximum Gasteiger partial charge on any atom is 0.337 e. The Morgan fingerprint density at radius 1 is 1.04 bits per heavy atom. The van der Waals surface area contributed by atoms with Crippen molar-refractivity contribution in [2.75, 3.05) is 23.8 Å². The zero-order valence-electron chi connectivity index (χ0n) is 14.8. The number of benzene rings is 1. The number of hydrogen-bond donors (Lipinski definition) is 3. The Morgan fingerprint density at radius 3 is 2.43 bits per heavy atom. The molecule has 11 heteroatoms. The summed E-state index contributed by atoms with van der Waals surface area (Å²) in [6, 6.07) is 7.07. The third-order valence-electron chi connectivity index (χ3n) is 4.17. The van der Waals surface area contributed by atoms with Gasteiger partial charge in [-0.05, 0) is 43.2 Å². The van der Waals surface area contributed by atoms with Gasteiger partial charge in [0, 0.05) is 25.0 Å². The Hall–Kier alpha value is -2.07. The monoisotopic (exact) mass is 443 g/mol. The fourth-order valence-electron chi connectivity index (χ4n) is 2.72. The summed E-state index contributed by atoms with van der Waals surface area (Å²) < 4.78 is 26.6. The summed E-state index contributed by atoms with van der Waals surface area (Å²) in [5.41, 5.74) is 5.48. The lowest BCUT2D eigenvalue weighted by molar-refractivity contribution is 0.254. The molecule has 0 atom stereocenters. The molecule has 0 spiro atoms. The van der Waals surface area contributed by atoms with Gasteiger partial charge in [-0.2, -0.15) is 4.31 Å². The summed E-state index contributed by atoms with van der Waals surface area (Å²) in [5.74, 6) is 0.293. The standard InChI is InChI=1S/C17H19Cl2N5O3S/c18-14-6-4-12(10-15(14)19)21-17(25)23-22-16-7-5-13(11-20-16)28(26,27)24-8-2-1-3-9-24/h4-7,10-11H,1-3,8-9H2,(H,20,22)(H2,21,23,25). The van der Waals surface area contributed by atoms with Crippen molar-refractivity contribution >= 4 is 50.8 Å². The van der Waals surface area contributed by atoms with Gasteiger partial charge in [-0.1, -0.05) is 29.6 Å². The molecule has 0 saturated carbocycles. The van der Waals surface area contributed by atoms with Crippen molar-refractivity contribution in [2.24, 2.45) is 0 Å². The predicted molar refractivity (Wildman–Crippen MR) is 109 cm³/mol. The number of anilines is 2. The quantitative estimate of drug-likeness (QED) is 0.610. The van der Waals surface area contributed by atoms with Crippen LogP contribution in [-0.4, -0.2) is 36.8 Å². The van der Waals surface area contributed by atoms with Gasteiger partial charge < -0.3 is 5.32 Å². The maximum atomic E-state index is 12.6. The molecular weight excluding hydrogens is 425 g/mol. The number of hydrogen-bond acceptors (Lipinski definition) is 5. The first-order valence-corrected chi connectivity index (χ1v) is 10.8. The second-order valence-corrected chi connectivity index (χ2v) is 8.93. The van der Waals surface area contributed by atoms with Crippen molar-refractivity contribution in [3.8, 4) is 0 Å². The van der Waals surface area contributed by atoms with Crippen LogP contribution in [0, 0.1) is 0 Å². The van der Waals surface area contributed by atoms with E-state index < -0.39 is 16.1 Å². The molecule has 2 heterocycles. The van der Waals surface area contributed by atoms with E-state index in [1.165, 1.54) is 28.7 Å².